The molecule has 1 aromatic heterocycles. The number of nitrogens with one attached hydrogen (secondary N) is 2. The second-order valence-corrected chi connectivity index (χ2v) is 6.82. The molecule has 1 amide bonds. The van der Waals surface area contributed by atoms with E-state index in [1.54, 1.807) is 12.1 Å². The molecule has 3 aromatic rings. The van der Waals surface area contributed by atoms with Crippen LogP contribution in [0, 0.1) is 20.8 Å². The molecule has 2 N–H and O–H groups in total. The number of hydrogen-bond acceptors (Lipinski definition) is 5. The molecule has 0 saturated heterocycles. The third kappa shape index (κ3) is 4.23. The van der Waals surface area contributed by atoms with Gasteiger partial charge in [0.2, 0.25) is 0 Å². The van der Waals surface area contributed by atoms with Crippen molar-refractivity contribution >= 4 is 34.7 Å². The number of carbonyl (C=O) groups is 1. The summed E-state index contributed by atoms with van der Waals surface area (Å²) in [5.41, 5.74) is 4.82. The quantitative estimate of drug-likeness (QED) is 0.630. The topological polar surface area (TPSA) is 76.1 Å². The zero-order valence-corrected chi connectivity index (χ0v) is 16.9. The molecule has 6 nitrogen and oxygen atoms in total. The second-order valence-electron chi connectivity index (χ2n) is 6.42. The summed E-state index contributed by atoms with van der Waals surface area (Å²) in [5, 5.41) is 6.57. The zero-order chi connectivity index (χ0) is 20.3. The SMILES string of the molecule is COc1cc(Cl)c(C)cc1NC(=O)c1cnc(Nc2cccc(C)c2C)cn1. The van der Waals surface area contributed by atoms with E-state index in [2.05, 4.69) is 20.6 Å². The number of amides is 1. The molecule has 0 bridgehead atoms. The van der Waals surface area contributed by atoms with E-state index in [0.29, 0.717) is 22.3 Å². The minimum Gasteiger partial charge on any atom is -0.495 e. The van der Waals surface area contributed by atoms with Gasteiger partial charge in [0, 0.05) is 16.8 Å². The Morgan fingerprint density at radius 1 is 1.04 bits per heavy atom. The summed E-state index contributed by atoms with van der Waals surface area (Å²) in [6.45, 7) is 5.94. The van der Waals surface area contributed by atoms with Crippen LogP contribution in [-0.2, 0) is 0 Å². The summed E-state index contributed by atoms with van der Waals surface area (Å²) in [4.78, 5) is 21.0. The number of nitrogens with zero attached hydrogens (tertiary/aromatic N) is 2. The Kier molecular flexibility index (Phi) is 5.80. The van der Waals surface area contributed by atoms with E-state index in [0.717, 1.165) is 16.8 Å². The number of anilines is 3. The van der Waals surface area contributed by atoms with Gasteiger partial charge in [0.15, 0.2) is 0 Å². The largest absolute Gasteiger partial charge is 0.495 e. The van der Waals surface area contributed by atoms with Crippen LogP contribution < -0.4 is 15.4 Å². The van der Waals surface area contributed by atoms with Crippen molar-refractivity contribution in [3.05, 3.63) is 70.1 Å². The maximum atomic E-state index is 12.5. The predicted octanol–water partition coefficient (Wildman–Crippen LogP) is 5.06. The Morgan fingerprint density at radius 2 is 1.82 bits per heavy atom. The van der Waals surface area contributed by atoms with Crippen molar-refractivity contribution in [1.29, 1.82) is 0 Å². The summed E-state index contributed by atoms with van der Waals surface area (Å²) < 4.78 is 5.28. The summed E-state index contributed by atoms with van der Waals surface area (Å²) in [6.07, 6.45) is 2.96. The Morgan fingerprint density at radius 3 is 2.50 bits per heavy atom. The molecule has 28 heavy (non-hydrogen) atoms. The lowest BCUT2D eigenvalue weighted by Gasteiger charge is -2.12. The van der Waals surface area contributed by atoms with Gasteiger partial charge in [-0.2, -0.15) is 0 Å². The molecular weight excluding hydrogens is 376 g/mol. The standard InChI is InChI=1S/C21H21ClN4O2/c1-12-6-5-7-16(14(12)3)25-20-11-23-18(10-24-20)21(27)26-17-8-13(2)15(22)9-19(17)28-4/h5-11H,1-4H3,(H,24,25)(H,26,27). The number of benzene rings is 2. The molecule has 0 radical (unpaired) electrons. The average Bonchev–Trinajstić information content (AvgIpc) is 2.68. The highest BCUT2D eigenvalue weighted by Crippen LogP contribution is 2.31. The van der Waals surface area contributed by atoms with Gasteiger partial charge < -0.3 is 15.4 Å². The maximum absolute atomic E-state index is 12.5. The maximum Gasteiger partial charge on any atom is 0.275 e. The Labute approximate surface area is 168 Å². The molecule has 2 aromatic carbocycles. The van der Waals surface area contributed by atoms with Crippen molar-refractivity contribution in [2.75, 3.05) is 17.7 Å². The number of methoxy groups -OCH3 is 1. The van der Waals surface area contributed by atoms with Gasteiger partial charge in [-0.15, -0.1) is 0 Å². The molecule has 0 aliphatic heterocycles. The van der Waals surface area contributed by atoms with Gasteiger partial charge >= 0.3 is 0 Å². The van der Waals surface area contributed by atoms with E-state index < -0.39 is 0 Å². The molecule has 0 unspecified atom stereocenters. The normalized spacial score (nSPS) is 10.5. The highest BCUT2D eigenvalue weighted by atomic mass is 35.5. The number of carbonyl (C=O) groups excluding carboxylic acids is 1. The highest BCUT2D eigenvalue weighted by molar-refractivity contribution is 6.31. The van der Waals surface area contributed by atoms with E-state index in [9.17, 15) is 4.79 Å². The van der Waals surface area contributed by atoms with Crippen LogP contribution in [0.25, 0.3) is 0 Å². The van der Waals surface area contributed by atoms with Crippen LogP contribution in [0.3, 0.4) is 0 Å². The molecule has 0 atom stereocenters. The fraction of sp³-hybridized carbons (Fsp3) is 0.190. The first-order chi connectivity index (χ1) is 13.4. The highest BCUT2D eigenvalue weighted by Gasteiger charge is 2.13. The number of ether oxygens (including phenoxy) is 1. The molecule has 0 aliphatic rings. The summed E-state index contributed by atoms with van der Waals surface area (Å²) in [5.74, 6) is 0.654. The minimum atomic E-state index is -0.384. The summed E-state index contributed by atoms with van der Waals surface area (Å²) in [6, 6.07) is 9.41. The van der Waals surface area contributed by atoms with Gasteiger partial charge in [0.1, 0.15) is 17.3 Å². The third-order valence-electron chi connectivity index (χ3n) is 4.48. The van der Waals surface area contributed by atoms with Crippen LogP contribution in [0.1, 0.15) is 27.2 Å². The smallest absolute Gasteiger partial charge is 0.275 e. The average molecular weight is 397 g/mol. The van der Waals surface area contributed by atoms with Gasteiger partial charge in [-0.05, 0) is 49.6 Å². The lowest BCUT2D eigenvalue weighted by atomic mass is 10.1. The lowest BCUT2D eigenvalue weighted by Crippen LogP contribution is -2.15. The number of aromatic nitrogens is 2. The van der Waals surface area contributed by atoms with Crippen molar-refractivity contribution in [3.8, 4) is 5.75 Å². The van der Waals surface area contributed by atoms with Crippen molar-refractivity contribution in [1.82, 2.24) is 9.97 Å². The van der Waals surface area contributed by atoms with Gasteiger partial charge in [-0.25, -0.2) is 9.97 Å². The molecule has 3 rings (SSSR count). The van der Waals surface area contributed by atoms with Crippen LogP contribution in [0.4, 0.5) is 17.2 Å². The molecule has 0 aliphatic carbocycles. The van der Waals surface area contributed by atoms with Crippen LogP contribution in [-0.4, -0.2) is 23.0 Å². The van der Waals surface area contributed by atoms with Gasteiger partial charge in [-0.1, -0.05) is 23.7 Å². The zero-order valence-electron chi connectivity index (χ0n) is 16.1. The number of rotatable bonds is 5. The Balaban J connectivity index is 1.76. The van der Waals surface area contributed by atoms with Crippen molar-refractivity contribution in [3.63, 3.8) is 0 Å². The fourth-order valence-corrected chi connectivity index (χ4v) is 2.80. The lowest BCUT2D eigenvalue weighted by molar-refractivity contribution is 0.102. The first-order valence-electron chi connectivity index (χ1n) is 8.70. The van der Waals surface area contributed by atoms with Crippen molar-refractivity contribution < 1.29 is 9.53 Å². The molecule has 144 valence electrons. The fourth-order valence-electron chi connectivity index (χ4n) is 2.65. The molecule has 0 fully saturated rings. The number of hydrogen-bond donors (Lipinski definition) is 2. The van der Waals surface area contributed by atoms with E-state index in [-0.39, 0.29) is 11.6 Å². The molecule has 0 spiro atoms. The third-order valence-corrected chi connectivity index (χ3v) is 4.89. The van der Waals surface area contributed by atoms with Crippen LogP contribution in [0.5, 0.6) is 5.75 Å². The second kappa shape index (κ2) is 8.27. The number of aryl methyl sites for hydroxylation is 2. The van der Waals surface area contributed by atoms with Gasteiger partial charge in [-0.3, -0.25) is 4.79 Å². The van der Waals surface area contributed by atoms with Crippen LogP contribution in [0.2, 0.25) is 5.02 Å². The van der Waals surface area contributed by atoms with E-state index >= 15 is 0 Å². The van der Waals surface area contributed by atoms with E-state index in [4.69, 9.17) is 16.3 Å². The van der Waals surface area contributed by atoms with Crippen molar-refractivity contribution in [2.45, 2.75) is 20.8 Å². The first-order valence-corrected chi connectivity index (χ1v) is 9.07. The van der Waals surface area contributed by atoms with Crippen LogP contribution in [0.15, 0.2) is 42.7 Å². The molecular formula is C21H21ClN4O2. The number of halogens is 1. The van der Waals surface area contributed by atoms with Crippen molar-refractivity contribution in [2.24, 2.45) is 0 Å². The minimum absolute atomic E-state index is 0.196. The van der Waals surface area contributed by atoms with Gasteiger partial charge in [0.05, 0.1) is 25.2 Å². The first kappa shape index (κ1) is 19.6. The van der Waals surface area contributed by atoms with E-state index in [1.807, 2.05) is 39.0 Å². The van der Waals surface area contributed by atoms with Gasteiger partial charge in [0.25, 0.3) is 5.91 Å². The summed E-state index contributed by atoms with van der Waals surface area (Å²) in [7, 11) is 1.52. The summed E-state index contributed by atoms with van der Waals surface area (Å²) >= 11 is 6.10. The Bertz CT molecular complexity index is 1020. The predicted molar refractivity (Wildman–Crippen MR) is 112 cm³/mol. The monoisotopic (exact) mass is 396 g/mol. The molecule has 0 saturated carbocycles. The van der Waals surface area contributed by atoms with E-state index in [1.165, 1.54) is 25.1 Å². The Hall–Kier alpha value is -3.12. The van der Waals surface area contributed by atoms with Crippen LogP contribution >= 0.6 is 11.6 Å². The molecule has 7 heteroatoms. The molecule has 1 heterocycles.